The molecule has 0 fully saturated rings. The van der Waals surface area contributed by atoms with E-state index in [1.165, 1.54) is 13.2 Å². The van der Waals surface area contributed by atoms with Crippen molar-refractivity contribution in [1.82, 2.24) is 5.32 Å². The lowest BCUT2D eigenvalue weighted by Gasteiger charge is -2.21. The van der Waals surface area contributed by atoms with Gasteiger partial charge < -0.3 is 20.9 Å². The summed E-state index contributed by atoms with van der Waals surface area (Å²) in [6.07, 6.45) is 0. The van der Waals surface area contributed by atoms with Gasteiger partial charge in [-0.25, -0.2) is 0 Å². The first-order chi connectivity index (χ1) is 8.88. The fourth-order valence-corrected chi connectivity index (χ4v) is 1.99. The molecule has 0 bridgehead atoms. The van der Waals surface area contributed by atoms with E-state index in [0.717, 1.165) is 0 Å². The van der Waals surface area contributed by atoms with Crippen LogP contribution in [0.15, 0.2) is 18.2 Å². The van der Waals surface area contributed by atoms with Gasteiger partial charge in [-0.15, -0.1) is 0 Å². The Morgan fingerprint density at radius 1 is 1.47 bits per heavy atom. The second kappa shape index (κ2) is 6.38. The number of ether oxygens (including phenoxy) is 1. The Balaban J connectivity index is 2.98. The van der Waals surface area contributed by atoms with Gasteiger partial charge in [0.05, 0.1) is 23.7 Å². The van der Waals surface area contributed by atoms with E-state index < -0.39 is 11.9 Å². The second-order valence-electron chi connectivity index (χ2n) is 4.45. The van der Waals surface area contributed by atoms with E-state index >= 15 is 0 Å². The predicted molar refractivity (Wildman–Crippen MR) is 77.5 cm³/mol. The zero-order valence-corrected chi connectivity index (χ0v) is 12.0. The summed E-state index contributed by atoms with van der Waals surface area (Å²) in [6.45, 7) is 3.80. The summed E-state index contributed by atoms with van der Waals surface area (Å²) >= 11 is 4.92. The predicted octanol–water partition coefficient (Wildman–Crippen LogP) is 1.44. The fraction of sp³-hybridized carbons (Fsp3) is 0.385. The minimum atomic E-state index is -0.442. The summed E-state index contributed by atoms with van der Waals surface area (Å²) in [4.78, 5) is 12.3. The molecule has 104 valence electrons. The highest BCUT2D eigenvalue weighted by Crippen LogP contribution is 2.29. The van der Waals surface area contributed by atoms with Gasteiger partial charge in [-0.3, -0.25) is 4.79 Å². The lowest BCUT2D eigenvalue weighted by Crippen LogP contribution is -2.46. The molecule has 1 amide bonds. The molecule has 0 saturated heterocycles. The molecule has 0 aliphatic carbocycles. The minimum Gasteiger partial charge on any atom is -0.504 e. The van der Waals surface area contributed by atoms with Crippen LogP contribution >= 0.6 is 12.2 Å². The highest BCUT2D eigenvalue weighted by Gasteiger charge is 2.22. The summed E-state index contributed by atoms with van der Waals surface area (Å²) in [5.74, 6) is -0.339. The number of benzene rings is 1. The Bertz CT molecular complexity index is 489. The lowest BCUT2D eigenvalue weighted by molar-refractivity contribution is 0.0936. The Kier molecular flexibility index (Phi) is 5.11. The molecule has 6 heteroatoms. The number of phenols is 1. The van der Waals surface area contributed by atoms with E-state index in [9.17, 15) is 9.90 Å². The van der Waals surface area contributed by atoms with Gasteiger partial charge in [-0.1, -0.05) is 32.1 Å². The number of methoxy groups -OCH3 is 1. The van der Waals surface area contributed by atoms with E-state index in [2.05, 4.69) is 5.32 Å². The Labute approximate surface area is 117 Å². The van der Waals surface area contributed by atoms with E-state index in [4.69, 9.17) is 22.7 Å². The molecule has 0 radical (unpaired) electrons. The molecule has 0 heterocycles. The summed E-state index contributed by atoms with van der Waals surface area (Å²) in [7, 11) is 1.42. The molecule has 1 atom stereocenters. The van der Waals surface area contributed by atoms with Crippen LogP contribution in [0.5, 0.6) is 11.5 Å². The van der Waals surface area contributed by atoms with Gasteiger partial charge in [-0.05, 0) is 18.1 Å². The second-order valence-corrected chi connectivity index (χ2v) is 4.93. The van der Waals surface area contributed by atoms with Gasteiger partial charge in [0.15, 0.2) is 11.5 Å². The number of nitrogens with two attached hydrogens (primary N) is 1. The number of phenolic OH excluding ortho intramolecular Hbond substituents is 1. The first-order valence-electron chi connectivity index (χ1n) is 5.84. The molecule has 19 heavy (non-hydrogen) atoms. The molecule has 0 aliphatic rings. The van der Waals surface area contributed by atoms with Gasteiger partial charge in [0, 0.05) is 0 Å². The number of aromatic hydroxyl groups is 1. The van der Waals surface area contributed by atoms with Crippen molar-refractivity contribution in [3.63, 3.8) is 0 Å². The highest BCUT2D eigenvalue weighted by atomic mass is 32.1. The Morgan fingerprint density at radius 2 is 2.11 bits per heavy atom. The fourth-order valence-electron chi connectivity index (χ4n) is 1.66. The summed E-state index contributed by atoms with van der Waals surface area (Å²) in [5.41, 5.74) is 5.71. The first-order valence-corrected chi connectivity index (χ1v) is 6.25. The van der Waals surface area contributed by atoms with Crippen LogP contribution in [0.3, 0.4) is 0 Å². The SMILES string of the molecule is COc1cccc(C(=O)NC(C(N)=S)C(C)C)c1O. The van der Waals surface area contributed by atoms with Gasteiger partial charge in [0.2, 0.25) is 0 Å². The van der Waals surface area contributed by atoms with Crippen molar-refractivity contribution in [3.05, 3.63) is 23.8 Å². The number of hydrogen-bond donors (Lipinski definition) is 3. The van der Waals surface area contributed by atoms with E-state index in [1.54, 1.807) is 12.1 Å². The number of amides is 1. The number of hydrogen-bond acceptors (Lipinski definition) is 4. The molecule has 1 aromatic rings. The number of thiocarbonyl (C=S) groups is 1. The van der Waals surface area contributed by atoms with E-state index in [1.807, 2.05) is 13.8 Å². The van der Waals surface area contributed by atoms with Crippen LogP contribution in [-0.2, 0) is 0 Å². The van der Waals surface area contributed by atoms with E-state index in [0.29, 0.717) is 0 Å². The topological polar surface area (TPSA) is 84.6 Å². The molecule has 5 nitrogen and oxygen atoms in total. The number of para-hydroxylation sites is 1. The Morgan fingerprint density at radius 3 is 2.58 bits per heavy atom. The average molecular weight is 282 g/mol. The Hall–Kier alpha value is -1.82. The summed E-state index contributed by atoms with van der Waals surface area (Å²) in [5, 5.41) is 12.6. The maximum absolute atomic E-state index is 12.1. The van der Waals surface area contributed by atoms with Crippen molar-refractivity contribution in [1.29, 1.82) is 0 Å². The van der Waals surface area contributed by atoms with Crippen LogP contribution in [0.25, 0.3) is 0 Å². The highest BCUT2D eigenvalue weighted by molar-refractivity contribution is 7.80. The molecule has 4 N–H and O–H groups in total. The molecule has 1 aromatic carbocycles. The largest absolute Gasteiger partial charge is 0.504 e. The normalized spacial score (nSPS) is 12.0. The summed E-state index contributed by atoms with van der Waals surface area (Å²) in [6, 6.07) is 4.27. The van der Waals surface area contributed by atoms with Crippen molar-refractivity contribution in [3.8, 4) is 11.5 Å². The molecular weight excluding hydrogens is 264 g/mol. The zero-order valence-electron chi connectivity index (χ0n) is 11.1. The van der Waals surface area contributed by atoms with Crippen LogP contribution in [0.2, 0.25) is 0 Å². The van der Waals surface area contributed by atoms with Crippen LogP contribution < -0.4 is 15.8 Å². The molecule has 1 rings (SSSR count). The minimum absolute atomic E-state index is 0.0641. The third-order valence-corrected chi connectivity index (χ3v) is 2.98. The van der Waals surface area contributed by atoms with Gasteiger partial charge in [0.1, 0.15) is 0 Å². The van der Waals surface area contributed by atoms with Crippen LogP contribution in [0.4, 0.5) is 0 Å². The molecule has 0 saturated carbocycles. The third kappa shape index (κ3) is 3.57. The van der Waals surface area contributed by atoms with Crippen molar-refractivity contribution in [2.45, 2.75) is 19.9 Å². The molecule has 0 aromatic heterocycles. The lowest BCUT2D eigenvalue weighted by atomic mass is 10.0. The standard InChI is InChI=1S/C13H18N2O3S/c1-7(2)10(12(14)19)15-13(17)8-5-4-6-9(18-3)11(8)16/h4-7,10,16H,1-3H3,(H2,14,19)(H,15,17). The van der Waals surface area contributed by atoms with Crippen molar-refractivity contribution < 1.29 is 14.6 Å². The number of carbonyl (C=O) groups excluding carboxylic acids is 1. The molecule has 0 spiro atoms. The number of rotatable bonds is 5. The molecule has 0 aliphatic heterocycles. The average Bonchev–Trinajstić information content (AvgIpc) is 2.35. The van der Waals surface area contributed by atoms with Crippen molar-refractivity contribution in [2.75, 3.05) is 7.11 Å². The quantitative estimate of drug-likeness (QED) is 0.712. The molecule has 1 unspecified atom stereocenters. The summed E-state index contributed by atoms with van der Waals surface area (Å²) < 4.78 is 4.96. The van der Waals surface area contributed by atoms with Crippen molar-refractivity contribution >= 4 is 23.1 Å². The number of carbonyl (C=O) groups is 1. The van der Waals surface area contributed by atoms with Gasteiger partial charge in [-0.2, -0.15) is 0 Å². The monoisotopic (exact) mass is 282 g/mol. The van der Waals surface area contributed by atoms with Crippen LogP contribution in [-0.4, -0.2) is 29.2 Å². The van der Waals surface area contributed by atoms with E-state index in [-0.39, 0.29) is 28.0 Å². The maximum atomic E-state index is 12.1. The van der Waals surface area contributed by atoms with Crippen LogP contribution in [0, 0.1) is 5.92 Å². The zero-order chi connectivity index (χ0) is 14.6. The van der Waals surface area contributed by atoms with Crippen molar-refractivity contribution in [2.24, 2.45) is 11.7 Å². The third-order valence-electron chi connectivity index (χ3n) is 2.72. The molecular formula is C13H18N2O3S. The maximum Gasteiger partial charge on any atom is 0.255 e. The van der Waals surface area contributed by atoms with Gasteiger partial charge in [0.25, 0.3) is 5.91 Å². The smallest absolute Gasteiger partial charge is 0.255 e. The number of nitrogens with one attached hydrogen (secondary N) is 1. The first kappa shape index (κ1) is 15.2. The van der Waals surface area contributed by atoms with Crippen LogP contribution in [0.1, 0.15) is 24.2 Å². The van der Waals surface area contributed by atoms with Gasteiger partial charge >= 0.3 is 0 Å².